The number of hydrogen-bond acceptors (Lipinski definition) is 2. The first-order valence-corrected chi connectivity index (χ1v) is 6.42. The lowest BCUT2D eigenvalue weighted by Crippen LogP contribution is -2.07. The van der Waals surface area contributed by atoms with Crippen molar-refractivity contribution in [2.45, 2.75) is 20.0 Å². The molecule has 0 unspecified atom stereocenters. The summed E-state index contributed by atoms with van der Waals surface area (Å²) in [7, 11) is 0. The zero-order chi connectivity index (χ0) is 13.4. The minimum Gasteiger partial charge on any atom is -0.330 e. The van der Waals surface area contributed by atoms with Crippen molar-refractivity contribution in [3.05, 3.63) is 46.7 Å². The molecule has 1 aromatic carbocycles. The molecule has 0 radical (unpaired) electrons. The van der Waals surface area contributed by atoms with Crippen LogP contribution in [0, 0.1) is 17.5 Å². The lowest BCUT2D eigenvalue weighted by atomic mass is 10.2. The van der Waals surface area contributed by atoms with E-state index in [-0.39, 0.29) is 5.82 Å². The summed E-state index contributed by atoms with van der Waals surface area (Å²) in [5.74, 6) is -0.219. The second-order valence-corrected chi connectivity index (χ2v) is 4.86. The topological polar surface area (TPSA) is 38.5 Å². The molecule has 0 aliphatic rings. The third-order valence-corrected chi connectivity index (χ3v) is 3.49. The maximum Gasteiger partial charge on any atom is 0.178 e. The molecule has 0 fully saturated rings. The molecule has 6 heteroatoms. The van der Waals surface area contributed by atoms with Gasteiger partial charge in [0.1, 0.15) is 5.82 Å². The highest BCUT2D eigenvalue weighted by Gasteiger charge is 2.08. The molecule has 0 aliphatic carbocycles. The van der Waals surface area contributed by atoms with Crippen LogP contribution in [0.4, 0.5) is 4.39 Å². The van der Waals surface area contributed by atoms with Gasteiger partial charge in [0.2, 0.25) is 0 Å². The first kappa shape index (κ1) is 12.1. The molecule has 0 atom stereocenters. The fourth-order valence-electron chi connectivity index (χ4n) is 2.14. The van der Waals surface area contributed by atoms with Gasteiger partial charge in [-0.3, -0.25) is 4.68 Å². The smallest absolute Gasteiger partial charge is 0.178 e. The van der Waals surface area contributed by atoms with Crippen LogP contribution in [-0.4, -0.2) is 19.3 Å². The average Bonchev–Trinajstić information content (AvgIpc) is 2.96. The molecule has 0 aliphatic heterocycles. The van der Waals surface area contributed by atoms with Gasteiger partial charge in [0, 0.05) is 18.9 Å². The molecule has 0 saturated heterocycles. The lowest BCUT2D eigenvalue weighted by Gasteiger charge is -2.05. The predicted octanol–water partition coefficient (Wildman–Crippen LogP) is 3.04. The summed E-state index contributed by atoms with van der Waals surface area (Å²) >= 11 is 5.29. The normalized spacial score (nSPS) is 11.3. The average molecular weight is 276 g/mol. The number of aromatic nitrogens is 4. The van der Waals surface area contributed by atoms with Gasteiger partial charge >= 0.3 is 0 Å². The van der Waals surface area contributed by atoms with E-state index in [1.54, 1.807) is 13.1 Å². The third-order valence-electron chi connectivity index (χ3n) is 3.17. The quantitative estimate of drug-likeness (QED) is 0.747. The van der Waals surface area contributed by atoms with Crippen molar-refractivity contribution in [3.8, 4) is 0 Å². The van der Waals surface area contributed by atoms with Gasteiger partial charge in [0.05, 0.1) is 17.6 Å². The molecule has 2 heterocycles. The number of halogens is 1. The maximum atomic E-state index is 13.5. The zero-order valence-corrected chi connectivity index (χ0v) is 11.2. The van der Waals surface area contributed by atoms with Crippen LogP contribution in [0.1, 0.15) is 5.56 Å². The third kappa shape index (κ3) is 2.19. The van der Waals surface area contributed by atoms with Gasteiger partial charge in [-0.25, -0.2) is 4.39 Å². The van der Waals surface area contributed by atoms with Crippen molar-refractivity contribution >= 4 is 23.3 Å². The number of H-pyrrole nitrogens is 1. The maximum absolute atomic E-state index is 13.5. The van der Waals surface area contributed by atoms with Gasteiger partial charge in [0.25, 0.3) is 0 Å². The number of rotatable bonds is 3. The Morgan fingerprint density at radius 1 is 1.37 bits per heavy atom. The van der Waals surface area contributed by atoms with Crippen LogP contribution < -0.4 is 0 Å². The van der Waals surface area contributed by atoms with Crippen molar-refractivity contribution in [1.82, 2.24) is 19.3 Å². The molecule has 4 nitrogen and oxygen atoms in total. The molecule has 2 aromatic heterocycles. The standard InChI is InChI=1S/C13H13FN4S/c1-9-7-12-11(8-10(9)14)16-13(19)18(12)6-5-17-4-2-3-15-17/h2-4,7-8H,5-6H2,1H3,(H,16,19). The summed E-state index contributed by atoms with van der Waals surface area (Å²) in [5.41, 5.74) is 2.28. The summed E-state index contributed by atoms with van der Waals surface area (Å²) in [6, 6.07) is 5.19. The summed E-state index contributed by atoms with van der Waals surface area (Å²) in [6.07, 6.45) is 3.65. The SMILES string of the molecule is Cc1cc2c(cc1F)[nH]c(=S)n2CCn1cccn1. The van der Waals surface area contributed by atoms with E-state index >= 15 is 0 Å². The highest BCUT2D eigenvalue weighted by Crippen LogP contribution is 2.18. The van der Waals surface area contributed by atoms with E-state index in [9.17, 15) is 4.39 Å². The van der Waals surface area contributed by atoms with E-state index in [0.717, 1.165) is 17.6 Å². The summed E-state index contributed by atoms with van der Waals surface area (Å²) in [4.78, 5) is 3.03. The zero-order valence-electron chi connectivity index (χ0n) is 10.4. The molecule has 19 heavy (non-hydrogen) atoms. The number of nitrogens with one attached hydrogen (secondary N) is 1. The van der Waals surface area contributed by atoms with Crippen LogP contribution in [-0.2, 0) is 13.1 Å². The Labute approximate surface area is 114 Å². The van der Waals surface area contributed by atoms with Crippen molar-refractivity contribution in [1.29, 1.82) is 0 Å². The number of aromatic amines is 1. The highest BCUT2D eigenvalue weighted by molar-refractivity contribution is 7.71. The van der Waals surface area contributed by atoms with Crippen molar-refractivity contribution in [2.24, 2.45) is 0 Å². The van der Waals surface area contributed by atoms with Crippen LogP contribution in [0.3, 0.4) is 0 Å². The monoisotopic (exact) mass is 276 g/mol. The van der Waals surface area contributed by atoms with E-state index in [1.165, 1.54) is 6.07 Å². The first-order valence-electron chi connectivity index (χ1n) is 6.01. The minimum atomic E-state index is -0.219. The number of aryl methyl sites for hydroxylation is 3. The largest absolute Gasteiger partial charge is 0.330 e. The highest BCUT2D eigenvalue weighted by atomic mass is 32.1. The van der Waals surface area contributed by atoms with Gasteiger partial charge in [0.15, 0.2) is 4.77 Å². The van der Waals surface area contributed by atoms with Crippen LogP contribution in [0.5, 0.6) is 0 Å². The molecular formula is C13H13FN4S. The van der Waals surface area contributed by atoms with Crippen LogP contribution in [0.15, 0.2) is 30.6 Å². The molecule has 1 N–H and O–H groups in total. The molecule has 0 saturated carbocycles. The van der Waals surface area contributed by atoms with Crippen molar-refractivity contribution in [2.75, 3.05) is 0 Å². The predicted molar refractivity (Wildman–Crippen MR) is 74.0 cm³/mol. The number of imidazole rings is 1. The number of nitrogens with zero attached hydrogens (tertiary/aromatic N) is 3. The Bertz CT molecular complexity index is 770. The Morgan fingerprint density at radius 2 is 2.21 bits per heavy atom. The van der Waals surface area contributed by atoms with Crippen LogP contribution in [0.25, 0.3) is 11.0 Å². The molecule has 3 aromatic rings. The molecular weight excluding hydrogens is 263 g/mol. The summed E-state index contributed by atoms with van der Waals surface area (Å²) < 4.78 is 17.9. The second kappa shape index (κ2) is 4.62. The summed E-state index contributed by atoms with van der Waals surface area (Å²) in [5, 5.41) is 4.16. The lowest BCUT2D eigenvalue weighted by molar-refractivity contribution is 0.537. The summed E-state index contributed by atoms with van der Waals surface area (Å²) in [6.45, 7) is 3.18. The van der Waals surface area contributed by atoms with Gasteiger partial charge in [-0.05, 0) is 42.9 Å². The fourth-order valence-corrected chi connectivity index (χ4v) is 2.44. The second-order valence-electron chi connectivity index (χ2n) is 4.47. The Hall–Kier alpha value is -1.95. The minimum absolute atomic E-state index is 0.219. The van der Waals surface area contributed by atoms with E-state index < -0.39 is 0 Å². The van der Waals surface area contributed by atoms with Gasteiger partial charge in [-0.2, -0.15) is 5.10 Å². The Balaban J connectivity index is 2.00. The molecule has 3 rings (SSSR count). The van der Waals surface area contributed by atoms with Crippen molar-refractivity contribution in [3.63, 3.8) is 0 Å². The van der Waals surface area contributed by atoms with E-state index in [1.807, 2.05) is 27.6 Å². The van der Waals surface area contributed by atoms with E-state index in [2.05, 4.69) is 10.1 Å². The number of hydrogen-bond donors (Lipinski definition) is 1. The van der Waals surface area contributed by atoms with Crippen LogP contribution >= 0.6 is 12.2 Å². The van der Waals surface area contributed by atoms with E-state index in [0.29, 0.717) is 16.9 Å². The molecule has 0 amide bonds. The van der Waals surface area contributed by atoms with Crippen molar-refractivity contribution < 1.29 is 4.39 Å². The first-order chi connectivity index (χ1) is 9.15. The molecule has 98 valence electrons. The van der Waals surface area contributed by atoms with Gasteiger partial charge < -0.3 is 9.55 Å². The number of benzene rings is 1. The van der Waals surface area contributed by atoms with E-state index in [4.69, 9.17) is 12.2 Å². The Morgan fingerprint density at radius 3 is 2.95 bits per heavy atom. The Kier molecular flexibility index (Phi) is 2.94. The van der Waals surface area contributed by atoms with Gasteiger partial charge in [-0.1, -0.05) is 0 Å². The van der Waals surface area contributed by atoms with Crippen LogP contribution in [0.2, 0.25) is 0 Å². The number of fused-ring (bicyclic) bond motifs is 1. The van der Waals surface area contributed by atoms with Gasteiger partial charge in [-0.15, -0.1) is 0 Å². The fraction of sp³-hybridized carbons (Fsp3) is 0.231. The molecule has 0 bridgehead atoms. The molecule has 0 spiro atoms.